The quantitative estimate of drug-likeness (QED) is 0.459. The van der Waals surface area contributed by atoms with Gasteiger partial charge in [0.05, 0.1) is 13.2 Å². The number of carbonyl (C=O) groups is 2. The van der Waals surface area contributed by atoms with E-state index in [9.17, 15) is 0 Å². The zero-order chi connectivity index (χ0) is 18.9. The van der Waals surface area contributed by atoms with Crippen LogP contribution in [-0.2, 0) is 19.1 Å². The van der Waals surface area contributed by atoms with Crippen LogP contribution in [0.5, 0.6) is 0 Å². The van der Waals surface area contributed by atoms with Crippen LogP contribution in [0.3, 0.4) is 0 Å². The largest absolute Gasteiger partial charge is 0.473 e. The summed E-state index contributed by atoms with van der Waals surface area (Å²) in [5.74, 6) is -3.65. The molecule has 0 aromatic heterocycles. The molecular weight excluding hydrogens is 340 g/mol. The van der Waals surface area contributed by atoms with Gasteiger partial charge in [0.15, 0.2) is 0 Å². The van der Waals surface area contributed by atoms with Crippen LogP contribution in [0.2, 0.25) is 0 Å². The van der Waals surface area contributed by atoms with Gasteiger partial charge in [-0.25, -0.2) is 9.59 Å². The highest BCUT2D eigenvalue weighted by Gasteiger charge is 2.36. The summed E-state index contributed by atoms with van der Waals surface area (Å²) in [7, 11) is 0. The van der Waals surface area contributed by atoms with E-state index in [0.717, 1.165) is 26.4 Å². The highest BCUT2D eigenvalue weighted by atomic mass is 16.5. The Morgan fingerprint density at radius 3 is 1.38 bits per heavy atom. The molecule has 4 fully saturated rings. The third-order valence-corrected chi connectivity index (χ3v) is 5.66. The maximum absolute atomic E-state index is 9.10. The fourth-order valence-corrected chi connectivity index (χ4v) is 4.08. The molecule has 4 saturated heterocycles. The fourth-order valence-electron chi connectivity index (χ4n) is 4.08. The summed E-state index contributed by atoms with van der Waals surface area (Å²) in [6.45, 7) is 8.75. The minimum Gasteiger partial charge on any atom is -0.473 e. The normalized spacial score (nSPS) is 33.1. The molecule has 0 saturated carbocycles. The van der Waals surface area contributed by atoms with Crippen molar-refractivity contribution in [1.29, 1.82) is 0 Å². The van der Waals surface area contributed by atoms with E-state index in [1.807, 2.05) is 0 Å². The van der Waals surface area contributed by atoms with E-state index in [2.05, 4.69) is 10.6 Å². The van der Waals surface area contributed by atoms with Crippen molar-refractivity contribution in [2.24, 2.45) is 10.8 Å². The Bertz CT molecular complexity index is 401. The third-order valence-electron chi connectivity index (χ3n) is 5.66. The first-order valence-electron chi connectivity index (χ1n) is 9.50. The second kappa shape index (κ2) is 10.2. The van der Waals surface area contributed by atoms with E-state index in [1.54, 1.807) is 0 Å². The summed E-state index contributed by atoms with van der Waals surface area (Å²) in [6.07, 6.45) is 7.93. The van der Waals surface area contributed by atoms with Crippen LogP contribution in [0, 0.1) is 10.8 Å². The Morgan fingerprint density at radius 2 is 1.15 bits per heavy atom. The minimum atomic E-state index is -1.82. The average Bonchev–Trinajstić information content (AvgIpc) is 3.28. The van der Waals surface area contributed by atoms with Crippen molar-refractivity contribution in [2.75, 3.05) is 52.6 Å². The molecule has 4 heterocycles. The summed E-state index contributed by atoms with van der Waals surface area (Å²) in [5, 5.41) is 21.6. The Balaban J connectivity index is 0.000000146. The number of rotatable bonds is 0. The second-order valence-corrected chi connectivity index (χ2v) is 7.78. The Hall–Kier alpha value is -1.22. The van der Waals surface area contributed by atoms with Gasteiger partial charge < -0.3 is 30.3 Å². The summed E-state index contributed by atoms with van der Waals surface area (Å²) in [6, 6.07) is 0. The molecule has 8 nitrogen and oxygen atoms in total. The minimum absolute atomic E-state index is 0.540. The first-order valence-corrected chi connectivity index (χ1v) is 9.50. The molecule has 2 atom stereocenters. The molecule has 0 aromatic rings. The molecule has 4 N–H and O–H groups in total. The number of nitrogens with one attached hydrogen (secondary N) is 2. The summed E-state index contributed by atoms with van der Waals surface area (Å²) in [5.41, 5.74) is 1.08. The van der Waals surface area contributed by atoms with E-state index in [1.165, 1.54) is 64.7 Å². The van der Waals surface area contributed by atoms with Gasteiger partial charge in [0.2, 0.25) is 0 Å². The van der Waals surface area contributed by atoms with Gasteiger partial charge >= 0.3 is 11.9 Å². The van der Waals surface area contributed by atoms with Gasteiger partial charge in [-0.15, -0.1) is 0 Å². The van der Waals surface area contributed by atoms with Crippen LogP contribution >= 0.6 is 0 Å². The fraction of sp³-hybridized carbons (Fsp3) is 0.889. The van der Waals surface area contributed by atoms with Gasteiger partial charge in [0.1, 0.15) is 0 Å². The number of hydrogen-bond donors (Lipinski definition) is 4. The predicted octanol–water partition coefficient (Wildman–Crippen LogP) is 0.709. The molecular formula is C18H32N2O6. The predicted molar refractivity (Wildman–Crippen MR) is 95.2 cm³/mol. The molecule has 4 aliphatic rings. The van der Waals surface area contributed by atoms with Gasteiger partial charge in [-0.05, 0) is 51.6 Å². The lowest BCUT2D eigenvalue weighted by atomic mass is 9.82. The smallest absolute Gasteiger partial charge is 0.414 e. The third kappa shape index (κ3) is 6.50. The van der Waals surface area contributed by atoms with Crippen LogP contribution in [0.4, 0.5) is 0 Å². The Labute approximate surface area is 154 Å². The van der Waals surface area contributed by atoms with Crippen LogP contribution in [0.15, 0.2) is 0 Å². The van der Waals surface area contributed by atoms with Crippen molar-refractivity contribution in [3.8, 4) is 0 Å². The molecule has 0 unspecified atom stereocenters. The van der Waals surface area contributed by atoms with E-state index in [-0.39, 0.29) is 0 Å². The first kappa shape index (κ1) is 21.1. The second-order valence-electron chi connectivity index (χ2n) is 7.78. The van der Waals surface area contributed by atoms with Crippen molar-refractivity contribution in [1.82, 2.24) is 10.6 Å². The SMILES string of the molecule is C1COC[C@]2(C1)CCNC2.C1COC[C@]2(C1)CCNC2.O=C(O)C(=O)O. The molecule has 4 rings (SSSR count). The summed E-state index contributed by atoms with van der Waals surface area (Å²) >= 11 is 0. The molecule has 4 aliphatic heterocycles. The number of aliphatic carboxylic acids is 2. The van der Waals surface area contributed by atoms with Crippen molar-refractivity contribution in [3.05, 3.63) is 0 Å². The van der Waals surface area contributed by atoms with E-state index in [0.29, 0.717) is 10.8 Å². The topological polar surface area (TPSA) is 117 Å². The standard InChI is InChI=1S/2C8H15NO.C2H2O4/c2*1-2-8(7-10-5-1)3-4-9-6-8;3-1(4)2(5)6/h2*9H,1-7H2;(H,3,4)(H,5,6)/t2*8-;/m11./s1. The highest BCUT2D eigenvalue weighted by Crippen LogP contribution is 2.34. The molecule has 0 aliphatic carbocycles. The molecule has 26 heavy (non-hydrogen) atoms. The van der Waals surface area contributed by atoms with Gasteiger partial charge in [-0.3, -0.25) is 0 Å². The van der Waals surface area contributed by atoms with Crippen molar-refractivity contribution < 1.29 is 29.3 Å². The Kier molecular flexibility index (Phi) is 8.27. The highest BCUT2D eigenvalue weighted by molar-refractivity contribution is 6.27. The molecule has 0 bridgehead atoms. The van der Waals surface area contributed by atoms with Gasteiger partial charge in [-0.1, -0.05) is 0 Å². The molecule has 8 heteroatoms. The lowest BCUT2D eigenvalue weighted by Gasteiger charge is -2.31. The van der Waals surface area contributed by atoms with Gasteiger partial charge in [-0.2, -0.15) is 0 Å². The number of ether oxygens (including phenoxy) is 2. The number of hydrogen-bond acceptors (Lipinski definition) is 6. The zero-order valence-corrected chi connectivity index (χ0v) is 15.4. The molecule has 2 spiro atoms. The number of carboxylic acids is 2. The lowest BCUT2D eigenvalue weighted by molar-refractivity contribution is -0.159. The van der Waals surface area contributed by atoms with Crippen molar-refractivity contribution in [2.45, 2.75) is 38.5 Å². The van der Waals surface area contributed by atoms with Gasteiger partial charge in [0.25, 0.3) is 0 Å². The molecule has 150 valence electrons. The average molecular weight is 372 g/mol. The van der Waals surface area contributed by atoms with Crippen LogP contribution in [0.25, 0.3) is 0 Å². The number of carboxylic acid groups (broad SMARTS) is 2. The van der Waals surface area contributed by atoms with Crippen LogP contribution < -0.4 is 10.6 Å². The summed E-state index contributed by atoms with van der Waals surface area (Å²) in [4.78, 5) is 18.2. The monoisotopic (exact) mass is 372 g/mol. The van der Waals surface area contributed by atoms with E-state index < -0.39 is 11.9 Å². The maximum atomic E-state index is 9.10. The summed E-state index contributed by atoms with van der Waals surface area (Å²) < 4.78 is 10.9. The Morgan fingerprint density at radius 1 is 0.731 bits per heavy atom. The zero-order valence-electron chi connectivity index (χ0n) is 15.4. The molecule has 0 aromatic carbocycles. The first-order chi connectivity index (χ1) is 12.5. The maximum Gasteiger partial charge on any atom is 0.414 e. The lowest BCUT2D eigenvalue weighted by Crippen LogP contribution is -2.33. The van der Waals surface area contributed by atoms with Crippen LogP contribution in [0.1, 0.15) is 38.5 Å². The van der Waals surface area contributed by atoms with E-state index in [4.69, 9.17) is 29.3 Å². The van der Waals surface area contributed by atoms with Crippen molar-refractivity contribution >= 4 is 11.9 Å². The molecule has 0 amide bonds. The molecule has 0 radical (unpaired) electrons. The van der Waals surface area contributed by atoms with Crippen LogP contribution in [-0.4, -0.2) is 74.8 Å². The van der Waals surface area contributed by atoms with Crippen molar-refractivity contribution in [3.63, 3.8) is 0 Å². The van der Waals surface area contributed by atoms with Gasteiger partial charge in [0, 0.05) is 37.1 Å². The van der Waals surface area contributed by atoms with E-state index >= 15 is 0 Å².